The van der Waals surface area contributed by atoms with Crippen molar-refractivity contribution in [1.82, 2.24) is 5.32 Å². The number of amides is 2. The predicted octanol–water partition coefficient (Wildman–Crippen LogP) is 5.49. The monoisotopic (exact) mass is 336 g/mol. The molecule has 0 aliphatic heterocycles. The molecule has 116 valence electrons. The van der Waals surface area contributed by atoms with Gasteiger partial charge in [0.05, 0.1) is 21.8 Å². The van der Waals surface area contributed by atoms with Crippen LogP contribution < -0.4 is 10.6 Å². The molecule has 1 atom stereocenters. The zero-order chi connectivity index (χ0) is 16.3. The van der Waals surface area contributed by atoms with Crippen molar-refractivity contribution in [2.75, 3.05) is 5.32 Å². The molecule has 3 nitrogen and oxygen atoms in total. The second kappa shape index (κ2) is 7.03. The highest BCUT2D eigenvalue weighted by Gasteiger charge is 2.12. The molecule has 0 saturated heterocycles. The molecule has 2 aromatic carbocycles. The molecule has 0 unspecified atom stereocenters. The first kappa shape index (κ1) is 16.7. The Morgan fingerprint density at radius 2 is 1.82 bits per heavy atom. The number of carbonyl (C=O) groups excluding carboxylic acids is 1. The van der Waals surface area contributed by atoms with Gasteiger partial charge in [-0.2, -0.15) is 0 Å². The van der Waals surface area contributed by atoms with E-state index in [0.717, 1.165) is 5.56 Å². The highest BCUT2D eigenvalue weighted by molar-refractivity contribution is 6.43. The zero-order valence-electron chi connectivity index (χ0n) is 12.7. The van der Waals surface area contributed by atoms with Crippen molar-refractivity contribution in [3.63, 3.8) is 0 Å². The van der Waals surface area contributed by atoms with E-state index in [0.29, 0.717) is 15.7 Å². The van der Waals surface area contributed by atoms with Crippen molar-refractivity contribution in [2.24, 2.45) is 0 Å². The number of halogens is 2. The van der Waals surface area contributed by atoms with E-state index in [1.165, 1.54) is 11.1 Å². The Kier molecular flexibility index (Phi) is 5.33. The summed E-state index contributed by atoms with van der Waals surface area (Å²) in [6, 6.07) is 10.8. The summed E-state index contributed by atoms with van der Waals surface area (Å²) in [5.74, 6) is 0. The molecule has 2 N–H and O–H groups in total. The Hall–Kier alpha value is -1.71. The topological polar surface area (TPSA) is 41.1 Å². The molecule has 0 aliphatic carbocycles. The van der Waals surface area contributed by atoms with Crippen molar-refractivity contribution < 1.29 is 4.79 Å². The maximum atomic E-state index is 12.1. The Bertz CT molecular complexity index is 701. The van der Waals surface area contributed by atoms with E-state index < -0.39 is 0 Å². The normalized spacial score (nSPS) is 11.9. The number of anilines is 1. The van der Waals surface area contributed by atoms with E-state index in [1.807, 2.05) is 13.0 Å². The summed E-state index contributed by atoms with van der Waals surface area (Å²) in [4.78, 5) is 12.1. The number of hydrogen-bond acceptors (Lipinski definition) is 1. The summed E-state index contributed by atoms with van der Waals surface area (Å²) in [6.45, 7) is 6.05. The van der Waals surface area contributed by atoms with Gasteiger partial charge in [0, 0.05) is 0 Å². The maximum absolute atomic E-state index is 12.1. The minimum atomic E-state index is -0.324. The van der Waals surface area contributed by atoms with E-state index in [9.17, 15) is 4.79 Å². The molecular weight excluding hydrogens is 319 g/mol. The lowest BCUT2D eigenvalue weighted by Crippen LogP contribution is -2.31. The van der Waals surface area contributed by atoms with Gasteiger partial charge in [-0.25, -0.2) is 4.79 Å². The van der Waals surface area contributed by atoms with Gasteiger partial charge in [-0.1, -0.05) is 47.5 Å². The van der Waals surface area contributed by atoms with Crippen LogP contribution in [0.4, 0.5) is 10.5 Å². The first-order valence-corrected chi connectivity index (χ1v) is 7.72. The molecule has 0 radical (unpaired) electrons. The minimum absolute atomic E-state index is 0.114. The van der Waals surface area contributed by atoms with Crippen molar-refractivity contribution in [2.45, 2.75) is 26.8 Å². The Morgan fingerprint density at radius 1 is 1.09 bits per heavy atom. The van der Waals surface area contributed by atoms with Gasteiger partial charge in [0.1, 0.15) is 0 Å². The van der Waals surface area contributed by atoms with Gasteiger partial charge in [0.2, 0.25) is 0 Å². The lowest BCUT2D eigenvalue weighted by atomic mass is 10.0. The maximum Gasteiger partial charge on any atom is 0.319 e. The van der Waals surface area contributed by atoms with Gasteiger partial charge < -0.3 is 10.6 Å². The molecule has 5 heteroatoms. The first-order valence-electron chi connectivity index (χ1n) is 6.97. The van der Waals surface area contributed by atoms with Gasteiger partial charge >= 0.3 is 6.03 Å². The van der Waals surface area contributed by atoms with Gasteiger partial charge in [0.15, 0.2) is 0 Å². The molecule has 2 aromatic rings. The fourth-order valence-electron chi connectivity index (χ4n) is 2.07. The largest absolute Gasteiger partial charge is 0.331 e. The van der Waals surface area contributed by atoms with E-state index in [1.54, 1.807) is 18.2 Å². The summed E-state index contributed by atoms with van der Waals surface area (Å²) >= 11 is 12.0. The number of carbonyl (C=O) groups is 1. The quantitative estimate of drug-likeness (QED) is 0.764. The number of rotatable bonds is 3. The second-order valence-corrected chi connectivity index (χ2v) is 6.05. The van der Waals surface area contributed by atoms with Crippen molar-refractivity contribution in [3.05, 3.63) is 63.1 Å². The van der Waals surface area contributed by atoms with Crippen LogP contribution >= 0.6 is 23.2 Å². The molecule has 0 bridgehead atoms. The second-order valence-electron chi connectivity index (χ2n) is 5.27. The fraction of sp³-hybridized carbons (Fsp3) is 0.235. The van der Waals surface area contributed by atoms with E-state index in [2.05, 4.69) is 36.6 Å². The lowest BCUT2D eigenvalue weighted by Gasteiger charge is -2.17. The molecule has 0 spiro atoms. The van der Waals surface area contributed by atoms with Crippen LogP contribution in [0.5, 0.6) is 0 Å². The number of urea groups is 1. The Morgan fingerprint density at radius 3 is 2.50 bits per heavy atom. The molecule has 0 heterocycles. The SMILES string of the molecule is Cc1ccc([C@@H](C)NC(=O)Nc2cccc(Cl)c2Cl)cc1C. The standard InChI is InChI=1S/C17H18Cl2N2O/c1-10-7-8-13(9-11(10)2)12(3)20-17(22)21-15-6-4-5-14(18)16(15)19/h4-9,12H,1-3H3,(H2,20,21,22)/t12-/m1/s1. The Labute approximate surface area is 140 Å². The smallest absolute Gasteiger partial charge is 0.319 e. The zero-order valence-corrected chi connectivity index (χ0v) is 14.2. The van der Waals surface area contributed by atoms with Crippen molar-refractivity contribution in [1.29, 1.82) is 0 Å². The van der Waals surface area contributed by atoms with Crippen LogP contribution in [0.25, 0.3) is 0 Å². The third-order valence-electron chi connectivity index (χ3n) is 3.58. The van der Waals surface area contributed by atoms with E-state index in [4.69, 9.17) is 23.2 Å². The molecule has 2 rings (SSSR count). The predicted molar refractivity (Wildman–Crippen MR) is 92.9 cm³/mol. The van der Waals surface area contributed by atoms with Gasteiger partial charge in [-0.15, -0.1) is 0 Å². The summed E-state index contributed by atoms with van der Waals surface area (Å²) < 4.78 is 0. The van der Waals surface area contributed by atoms with Crippen LogP contribution in [0.3, 0.4) is 0 Å². The lowest BCUT2D eigenvalue weighted by molar-refractivity contribution is 0.249. The summed E-state index contributed by atoms with van der Waals surface area (Å²) in [5.41, 5.74) is 3.96. The summed E-state index contributed by atoms with van der Waals surface area (Å²) in [7, 11) is 0. The molecule has 0 fully saturated rings. The van der Waals surface area contributed by atoms with Crippen LogP contribution in [0.1, 0.15) is 29.7 Å². The average molecular weight is 337 g/mol. The summed E-state index contributed by atoms with van der Waals surface area (Å²) in [5, 5.41) is 6.33. The minimum Gasteiger partial charge on any atom is -0.331 e. The van der Waals surface area contributed by atoms with Gasteiger partial charge in [-0.05, 0) is 49.6 Å². The van der Waals surface area contributed by atoms with Crippen molar-refractivity contribution >= 4 is 34.9 Å². The molecule has 22 heavy (non-hydrogen) atoms. The number of nitrogens with one attached hydrogen (secondary N) is 2. The third-order valence-corrected chi connectivity index (χ3v) is 4.40. The molecule has 0 saturated carbocycles. The van der Waals surface area contributed by atoms with Crippen LogP contribution in [0, 0.1) is 13.8 Å². The Balaban J connectivity index is 2.05. The molecule has 2 amide bonds. The highest BCUT2D eigenvalue weighted by Crippen LogP contribution is 2.29. The first-order chi connectivity index (χ1) is 10.4. The van der Waals surface area contributed by atoms with Gasteiger partial charge in [0.25, 0.3) is 0 Å². The van der Waals surface area contributed by atoms with E-state index >= 15 is 0 Å². The highest BCUT2D eigenvalue weighted by atomic mass is 35.5. The van der Waals surface area contributed by atoms with Crippen molar-refractivity contribution in [3.8, 4) is 0 Å². The number of hydrogen-bond donors (Lipinski definition) is 2. The molecule has 0 aliphatic rings. The van der Waals surface area contributed by atoms with Gasteiger partial charge in [-0.3, -0.25) is 0 Å². The van der Waals surface area contributed by atoms with Crippen LogP contribution in [-0.2, 0) is 0 Å². The van der Waals surface area contributed by atoms with Crippen LogP contribution in [0.2, 0.25) is 10.0 Å². The van der Waals surface area contributed by atoms with Crippen LogP contribution in [-0.4, -0.2) is 6.03 Å². The summed E-state index contributed by atoms with van der Waals surface area (Å²) in [6.07, 6.45) is 0. The average Bonchev–Trinajstić information content (AvgIpc) is 2.46. The third kappa shape index (κ3) is 3.93. The fourth-order valence-corrected chi connectivity index (χ4v) is 2.42. The molecule has 0 aromatic heterocycles. The molecular formula is C17H18Cl2N2O. The van der Waals surface area contributed by atoms with E-state index in [-0.39, 0.29) is 12.1 Å². The number of benzene rings is 2. The van der Waals surface area contributed by atoms with Crippen LogP contribution in [0.15, 0.2) is 36.4 Å². The number of aryl methyl sites for hydroxylation is 2.